The van der Waals surface area contributed by atoms with Crippen LogP contribution in [0.15, 0.2) is 58.6 Å². The van der Waals surface area contributed by atoms with E-state index in [0.29, 0.717) is 17.0 Å². The number of benzene rings is 2. The number of hydrazine groups is 1. The molecule has 2 amide bonds. The lowest BCUT2D eigenvalue weighted by molar-refractivity contribution is -0.117. The van der Waals surface area contributed by atoms with Gasteiger partial charge in [0.25, 0.3) is 11.8 Å². The molecule has 6 nitrogen and oxygen atoms in total. The van der Waals surface area contributed by atoms with Crippen LogP contribution in [-0.2, 0) is 9.59 Å². The van der Waals surface area contributed by atoms with Gasteiger partial charge in [0, 0.05) is 10.0 Å². The molecule has 1 fully saturated rings. The predicted octanol–water partition coefficient (Wildman–Crippen LogP) is 2.81. The Kier molecular flexibility index (Phi) is 4.82. The summed E-state index contributed by atoms with van der Waals surface area (Å²) in [4.78, 5) is 24.8. The highest BCUT2D eigenvalue weighted by Crippen LogP contribution is 2.28. The molecule has 0 aromatic heterocycles. The van der Waals surface area contributed by atoms with Crippen LogP contribution in [0.4, 0.5) is 5.69 Å². The smallest absolute Gasteiger partial charge is 0.282 e. The Balaban J connectivity index is 1.96. The summed E-state index contributed by atoms with van der Waals surface area (Å²) in [5, 5.41) is 9.87. The maximum absolute atomic E-state index is 12.6. The predicted molar refractivity (Wildman–Crippen MR) is 95.3 cm³/mol. The van der Waals surface area contributed by atoms with Crippen molar-refractivity contribution in [3.05, 3.63) is 64.1 Å². The summed E-state index contributed by atoms with van der Waals surface area (Å²) in [7, 11) is 0. The number of rotatable bonds is 4. The fraction of sp³-hybridized carbons (Fsp3) is 0.0556. The molecule has 0 unspecified atom stereocenters. The lowest BCUT2D eigenvalue weighted by Crippen LogP contribution is -2.35. The topological polar surface area (TPSA) is 82.4 Å². The van der Waals surface area contributed by atoms with Crippen molar-refractivity contribution in [3.63, 3.8) is 0 Å². The first-order valence-electron chi connectivity index (χ1n) is 7.31. The van der Waals surface area contributed by atoms with Gasteiger partial charge in [-0.2, -0.15) is 5.26 Å². The summed E-state index contributed by atoms with van der Waals surface area (Å²) in [5.41, 5.74) is 3.62. The Morgan fingerprint density at radius 1 is 1.20 bits per heavy atom. The molecular formula is C18H12BrN3O3. The molecule has 0 aliphatic carbocycles. The summed E-state index contributed by atoms with van der Waals surface area (Å²) in [5.74, 6) is -0.543. The number of nitriles is 1. The summed E-state index contributed by atoms with van der Waals surface area (Å²) in [6.07, 6.45) is 1.46. The number of nitrogens with zero attached hydrogens (tertiary/aromatic N) is 2. The molecule has 1 N–H and O–H groups in total. The molecule has 25 heavy (non-hydrogen) atoms. The van der Waals surface area contributed by atoms with Gasteiger partial charge in [-0.05, 0) is 36.4 Å². The van der Waals surface area contributed by atoms with Crippen LogP contribution in [0.3, 0.4) is 0 Å². The lowest BCUT2D eigenvalue weighted by atomic mass is 10.1. The molecule has 1 saturated heterocycles. The molecule has 1 aliphatic heterocycles. The Bertz CT molecular complexity index is 904. The van der Waals surface area contributed by atoms with E-state index < -0.39 is 11.8 Å². The molecular weight excluding hydrogens is 386 g/mol. The van der Waals surface area contributed by atoms with E-state index in [1.165, 1.54) is 11.1 Å². The first kappa shape index (κ1) is 16.7. The minimum atomic E-state index is -0.500. The second kappa shape index (κ2) is 7.20. The normalized spacial score (nSPS) is 15.2. The number of halogens is 1. The second-order valence-corrected chi connectivity index (χ2v) is 6.02. The minimum Gasteiger partial charge on any atom is -0.478 e. The number of ether oxygens (including phenoxy) is 1. The summed E-state index contributed by atoms with van der Waals surface area (Å²) < 4.78 is 6.11. The maximum atomic E-state index is 12.6. The van der Waals surface area contributed by atoms with Gasteiger partial charge in [0.15, 0.2) is 6.61 Å². The van der Waals surface area contributed by atoms with Crippen molar-refractivity contribution < 1.29 is 14.3 Å². The molecule has 2 aromatic carbocycles. The number of carbonyl (C=O) groups excluding carboxylic acids is 2. The van der Waals surface area contributed by atoms with Crippen LogP contribution >= 0.6 is 15.9 Å². The molecule has 0 radical (unpaired) electrons. The second-order valence-electron chi connectivity index (χ2n) is 5.10. The molecule has 0 spiro atoms. The van der Waals surface area contributed by atoms with Crippen LogP contribution in [0.25, 0.3) is 6.08 Å². The van der Waals surface area contributed by atoms with Gasteiger partial charge in [0.05, 0.1) is 5.69 Å². The quantitative estimate of drug-likeness (QED) is 0.634. The maximum Gasteiger partial charge on any atom is 0.282 e. The van der Waals surface area contributed by atoms with Crippen LogP contribution in [0, 0.1) is 11.3 Å². The van der Waals surface area contributed by atoms with Gasteiger partial charge in [-0.3, -0.25) is 15.0 Å². The SMILES string of the molecule is N#CCOc1ccc(Br)cc1/C=C1/C(=O)NN(c2ccccc2)C1=O. The minimum absolute atomic E-state index is 0.0104. The fourth-order valence-electron chi connectivity index (χ4n) is 2.35. The van der Waals surface area contributed by atoms with Gasteiger partial charge in [-0.15, -0.1) is 0 Å². The van der Waals surface area contributed by atoms with E-state index in [0.717, 1.165) is 4.47 Å². The van der Waals surface area contributed by atoms with Crippen LogP contribution in [-0.4, -0.2) is 18.4 Å². The molecule has 2 aromatic rings. The summed E-state index contributed by atoms with van der Waals surface area (Å²) >= 11 is 3.35. The van der Waals surface area contributed by atoms with Gasteiger partial charge in [0.2, 0.25) is 0 Å². The molecule has 0 bridgehead atoms. The van der Waals surface area contributed by atoms with Gasteiger partial charge in [-0.1, -0.05) is 34.1 Å². The average Bonchev–Trinajstić information content (AvgIpc) is 2.90. The van der Waals surface area contributed by atoms with Crippen LogP contribution in [0.2, 0.25) is 0 Å². The third-order valence-electron chi connectivity index (χ3n) is 3.47. The highest BCUT2D eigenvalue weighted by molar-refractivity contribution is 9.10. The van der Waals surface area contributed by atoms with E-state index >= 15 is 0 Å². The lowest BCUT2D eigenvalue weighted by Gasteiger charge is -2.13. The Morgan fingerprint density at radius 2 is 1.96 bits per heavy atom. The summed E-state index contributed by atoms with van der Waals surface area (Å²) in [6.45, 7) is -0.131. The van der Waals surface area contributed by atoms with E-state index in [2.05, 4.69) is 21.4 Å². The van der Waals surface area contributed by atoms with Crippen molar-refractivity contribution in [1.82, 2.24) is 5.43 Å². The van der Waals surface area contributed by atoms with Crippen LogP contribution < -0.4 is 15.2 Å². The largest absolute Gasteiger partial charge is 0.478 e. The first-order valence-corrected chi connectivity index (χ1v) is 8.11. The van der Waals surface area contributed by atoms with E-state index in [9.17, 15) is 9.59 Å². The fourth-order valence-corrected chi connectivity index (χ4v) is 2.72. The highest BCUT2D eigenvalue weighted by Gasteiger charge is 2.34. The number of amides is 2. The number of hydrogen-bond acceptors (Lipinski definition) is 4. The standard InChI is InChI=1S/C18H12BrN3O3/c19-13-6-7-16(25-9-8-20)12(10-13)11-15-17(23)21-22(18(15)24)14-4-2-1-3-5-14/h1-7,10-11H,9H2,(H,21,23)/b15-11-. The molecule has 7 heteroatoms. The summed E-state index contributed by atoms with van der Waals surface area (Å²) in [6, 6.07) is 15.8. The van der Waals surface area contributed by atoms with Crippen molar-refractivity contribution in [3.8, 4) is 11.8 Å². The molecule has 0 atom stereocenters. The zero-order valence-corrected chi connectivity index (χ0v) is 14.5. The number of carbonyl (C=O) groups is 2. The average molecular weight is 398 g/mol. The number of hydrogen-bond donors (Lipinski definition) is 1. The number of anilines is 1. The van der Waals surface area contributed by atoms with E-state index in [1.54, 1.807) is 42.5 Å². The van der Waals surface area contributed by atoms with Crippen molar-refractivity contribution in [2.24, 2.45) is 0 Å². The molecule has 1 aliphatic rings. The first-order chi connectivity index (χ1) is 12.1. The zero-order chi connectivity index (χ0) is 17.8. The van der Waals surface area contributed by atoms with Crippen LogP contribution in [0.1, 0.15) is 5.56 Å². The Morgan fingerprint density at radius 3 is 2.68 bits per heavy atom. The third-order valence-corrected chi connectivity index (χ3v) is 3.96. The zero-order valence-electron chi connectivity index (χ0n) is 12.9. The Labute approximate surface area is 152 Å². The highest BCUT2D eigenvalue weighted by atomic mass is 79.9. The van der Waals surface area contributed by atoms with Gasteiger partial charge in [-0.25, -0.2) is 5.01 Å². The van der Waals surface area contributed by atoms with E-state index in [-0.39, 0.29) is 12.2 Å². The van der Waals surface area contributed by atoms with Crippen molar-refractivity contribution in [2.75, 3.05) is 11.6 Å². The van der Waals surface area contributed by atoms with E-state index in [4.69, 9.17) is 10.00 Å². The van der Waals surface area contributed by atoms with E-state index in [1.807, 2.05) is 12.1 Å². The van der Waals surface area contributed by atoms with Crippen LogP contribution in [0.5, 0.6) is 5.75 Å². The molecule has 124 valence electrons. The van der Waals surface area contributed by atoms with Gasteiger partial charge in [0.1, 0.15) is 17.4 Å². The monoisotopic (exact) mass is 397 g/mol. The van der Waals surface area contributed by atoms with Gasteiger partial charge >= 0.3 is 0 Å². The molecule has 0 saturated carbocycles. The van der Waals surface area contributed by atoms with Gasteiger partial charge < -0.3 is 4.74 Å². The van der Waals surface area contributed by atoms with Crippen molar-refractivity contribution in [2.45, 2.75) is 0 Å². The van der Waals surface area contributed by atoms with Crippen molar-refractivity contribution in [1.29, 1.82) is 5.26 Å². The van der Waals surface area contributed by atoms with Crippen molar-refractivity contribution >= 4 is 39.5 Å². The number of para-hydroxylation sites is 1. The Hall–Kier alpha value is -3.11. The molecule has 3 rings (SSSR count). The number of nitrogens with one attached hydrogen (secondary N) is 1. The molecule has 1 heterocycles. The third kappa shape index (κ3) is 3.54.